The Morgan fingerprint density at radius 2 is 1.33 bits per heavy atom. The maximum absolute atomic E-state index is 5.44. The second-order valence-corrected chi connectivity index (χ2v) is 6.34. The van der Waals surface area contributed by atoms with E-state index in [1.54, 1.807) is 5.70 Å². The average molecular weight is 272 g/mol. The van der Waals surface area contributed by atoms with Gasteiger partial charge in [0.15, 0.2) is 0 Å². The van der Waals surface area contributed by atoms with Crippen LogP contribution in [-0.4, -0.2) is 28.6 Å². The molecule has 0 spiro atoms. The first-order valence-corrected chi connectivity index (χ1v) is 8.75. The Morgan fingerprint density at radius 1 is 0.944 bits per heavy atom. The summed E-state index contributed by atoms with van der Waals surface area (Å²) in [6.07, 6.45) is 10.0. The highest BCUT2D eigenvalue weighted by Gasteiger charge is 2.36. The molecule has 0 unspecified atom stereocenters. The van der Waals surface area contributed by atoms with E-state index in [2.05, 4.69) is 18.7 Å². The second-order valence-electron chi connectivity index (χ2n) is 3.86. The van der Waals surface area contributed by atoms with E-state index in [9.17, 15) is 0 Å². The van der Waals surface area contributed by atoms with E-state index in [0.29, 0.717) is 19.8 Å². The van der Waals surface area contributed by atoms with Crippen molar-refractivity contribution in [2.24, 2.45) is 0 Å². The fourth-order valence-corrected chi connectivity index (χ4v) is 3.48. The predicted molar refractivity (Wildman–Crippen MR) is 78.4 cm³/mol. The van der Waals surface area contributed by atoms with E-state index >= 15 is 0 Å². The minimum absolute atomic E-state index is 0.595. The van der Waals surface area contributed by atoms with Crippen LogP contribution in [0.1, 0.15) is 46.5 Å². The third kappa shape index (κ3) is 7.82. The number of allylic oxidation sites excluding steroid dienone is 2. The van der Waals surface area contributed by atoms with Crippen molar-refractivity contribution in [3.63, 3.8) is 0 Å². The largest absolute Gasteiger partial charge is 0.528 e. The summed E-state index contributed by atoms with van der Waals surface area (Å²) in [6.45, 7) is 11.2. The second kappa shape index (κ2) is 11.7. The Labute approximate surface area is 113 Å². The number of rotatable bonds is 7. The lowest BCUT2D eigenvalue weighted by atomic mass is 10.1. The molecular formula is C14H28O3Si. The highest BCUT2D eigenvalue weighted by atomic mass is 28.4. The topological polar surface area (TPSA) is 27.7 Å². The maximum atomic E-state index is 5.44. The third-order valence-corrected chi connectivity index (χ3v) is 5.02. The minimum Gasteiger partial charge on any atom is -0.371 e. The van der Waals surface area contributed by atoms with Crippen molar-refractivity contribution in [2.75, 3.05) is 19.8 Å². The van der Waals surface area contributed by atoms with Crippen molar-refractivity contribution < 1.29 is 13.3 Å². The van der Waals surface area contributed by atoms with Gasteiger partial charge in [0.05, 0.1) is 0 Å². The van der Waals surface area contributed by atoms with Crippen molar-refractivity contribution in [3.05, 3.63) is 24.4 Å². The maximum Gasteiger partial charge on any atom is 0.528 e. The molecule has 0 aromatic heterocycles. The van der Waals surface area contributed by atoms with E-state index in [-0.39, 0.29) is 0 Å². The van der Waals surface area contributed by atoms with Crippen LogP contribution in [0.4, 0.5) is 0 Å². The first kappa shape index (κ1) is 17.6. The summed E-state index contributed by atoms with van der Waals surface area (Å²) in [7, 11) is -2.51. The van der Waals surface area contributed by atoms with Crippen molar-refractivity contribution in [2.45, 2.75) is 46.5 Å². The van der Waals surface area contributed by atoms with Crippen LogP contribution in [-0.2, 0) is 13.3 Å². The standard InChI is InChI=1S/C8H18O3Si.C6H10/c1-5-9-12(8-4,10-6-2)11-7-3;1-2-4-6-5-3-1/h8H,4-7H2,1-3H3;1-2H,3-6H2. The fraction of sp³-hybridized carbons (Fsp3) is 0.714. The van der Waals surface area contributed by atoms with Crippen LogP contribution in [0.25, 0.3) is 0 Å². The van der Waals surface area contributed by atoms with Gasteiger partial charge in [-0.1, -0.05) is 18.7 Å². The van der Waals surface area contributed by atoms with Crippen LogP contribution in [0.3, 0.4) is 0 Å². The molecule has 0 saturated heterocycles. The van der Waals surface area contributed by atoms with Crippen LogP contribution in [0, 0.1) is 0 Å². The molecule has 18 heavy (non-hydrogen) atoms. The molecule has 1 aliphatic carbocycles. The van der Waals surface area contributed by atoms with Gasteiger partial charge in [0, 0.05) is 19.8 Å². The van der Waals surface area contributed by atoms with Gasteiger partial charge < -0.3 is 13.3 Å². The van der Waals surface area contributed by atoms with Gasteiger partial charge >= 0.3 is 8.80 Å². The molecule has 106 valence electrons. The summed E-state index contributed by atoms with van der Waals surface area (Å²) < 4.78 is 16.3. The lowest BCUT2D eigenvalue weighted by Crippen LogP contribution is -2.44. The Kier molecular flexibility index (Phi) is 11.4. The molecule has 0 aromatic rings. The quantitative estimate of drug-likeness (QED) is 0.520. The molecular weight excluding hydrogens is 244 g/mol. The zero-order valence-corrected chi connectivity index (χ0v) is 13.1. The summed E-state index contributed by atoms with van der Waals surface area (Å²) in [5, 5.41) is 0. The predicted octanol–water partition coefficient (Wildman–Crippen LogP) is 3.88. The lowest BCUT2D eigenvalue weighted by Gasteiger charge is -2.24. The molecule has 0 aliphatic heterocycles. The summed E-state index contributed by atoms with van der Waals surface area (Å²) >= 11 is 0. The molecule has 1 aliphatic rings. The van der Waals surface area contributed by atoms with Gasteiger partial charge in [0.2, 0.25) is 0 Å². The summed E-state index contributed by atoms with van der Waals surface area (Å²) in [5.41, 5.74) is 1.67. The van der Waals surface area contributed by atoms with Crippen molar-refractivity contribution in [1.29, 1.82) is 0 Å². The molecule has 0 atom stereocenters. The van der Waals surface area contributed by atoms with E-state index in [1.165, 1.54) is 25.7 Å². The fourth-order valence-electron chi connectivity index (χ4n) is 1.67. The van der Waals surface area contributed by atoms with E-state index in [4.69, 9.17) is 13.3 Å². The van der Waals surface area contributed by atoms with Gasteiger partial charge in [-0.2, -0.15) is 0 Å². The Hall–Kier alpha value is -0.423. The van der Waals surface area contributed by atoms with E-state index < -0.39 is 8.80 Å². The van der Waals surface area contributed by atoms with Gasteiger partial charge in [-0.15, -0.1) is 0 Å². The molecule has 0 aromatic carbocycles. The molecule has 0 saturated carbocycles. The molecule has 0 N–H and O–H groups in total. The average Bonchev–Trinajstić information content (AvgIpc) is 2.42. The van der Waals surface area contributed by atoms with Gasteiger partial charge in [-0.05, 0) is 52.2 Å². The lowest BCUT2D eigenvalue weighted by molar-refractivity contribution is 0.0844. The molecule has 0 amide bonds. The zero-order chi connectivity index (χ0) is 13.7. The van der Waals surface area contributed by atoms with Crippen molar-refractivity contribution in [1.82, 2.24) is 0 Å². The normalized spacial score (nSPS) is 14.8. The van der Waals surface area contributed by atoms with Crippen LogP contribution in [0.2, 0.25) is 0 Å². The molecule has 3 nitrogen and oxygen atoms in total. The smallest absolute Gasteiger partial charge is 0.371 e. The number of hydrogen-bond acceptors (Lipinski definition) is 3. The minimum atomic E-state index is -2.51. The zero-order valence-electron chi connectivity index (χ0n) is 12.1. The molecule has 0 radical (unpaired) electrons. The highest BCUT2D eigenvalue weighted by molar-refractivity contribution is 6.66. The van der Waals surface area contributed by atoms with Crippen LogP contribution < -0.4 is 0 Å². The van der Waals surface area contributed by atoms with Gasteiger partial charge in [-0.3, -0.25) is 0 Å². The third-order valence-electron chi connectivity index (χ3n) is 2.44. The Morgan fingerprint density at radius 3 is 1.50 bits per heavy atom. The monoisotopic (exact) mass is 272 g/mol. The molecule has 0 heterocycles. The SMILES string of the molecule is C1=CCCCC1.C=C[Si](OCC)(OCC)OCC. The number of hydrogen-bond donors (Lipinski definition) is 0. The van der Waals surface area contributed by atoms with Gasteiger partial charge in [-0.25, -0.2) is 0 Å². The Balaban J connectivity index is 0.000000397. The molecule has 0 fully saturated rings. The summed E-state index contributed by atoms with van der Waals surface area (Å²) in [4.78, 5) is 0. The first-order chi connectivity index (χ1) is 8.74. The molecule has 4 heteroatoms. The van der Waals surface area contributed by atoms with Gasteiger partial charge in [0.25, 0.3) is 0 Å². The molecule has 0 bridgehead atoms. The summed E-state index contributed by atoms with van der Waals surface area (Å²) in [6, 6.07) is 0. The van der Waals surface area contributed by atoms with Gasteiger partial charge in [0.1, 0.15) is 0 Å². The first-order valence-electron chi connectivity index (χ1n) is 6.95. The van der Waals surface area contributed by atoms with Crippen molar-refractivity contribution in [3.8, 4) is 0 Å². The highest BCUT2D eigenvalue weighted by Crippen LogP contribution is 2.10. The van der Waals surface area contributed by atoms with Crippen LogP contribution in [0.5, 0.6) is 0 Å². The van der Waals surface area contributed by atoms with E-state index in [0.717, 1.165) is 0 Å². The van der Waals surface area contributed by atoms with E-state index in [1.807, 2.05) is 20.8 Å². The van der Waals surface area contributed by atoms with Crippen LogP contribution >= 0.6 is 0 Å². The van der Waals surface area contributed by atoms with Crippen LogP contribution in [0.15, 0.2) is 24.4 Å². The molecule has 1 rings (SSSR count). The summed E-state index contributed by atoms with van der Waals surface area (Å²) in [5.74, 6) is 0. The van der Waals surface area contributed by atoms with Crippen molar-refractivity contribution >= 4 is 8.80 Å². The Bertz CT molecular complexity index is 204.